The number of carbonyl (C=O) groups excluding carboxylic acids is 1. The van der Waals surface area contributed by atoms with Gasteiger partial charge < -0.3 is 5.32 Å². The third-order valence-corrected chi connectivity index (χ3v) is 3.23. The maximum Gasteiger partial charge on any atom is 0.276 e. The van der Waals surface area contributed by atoms with Crippen molar-refractivity contribution in [3.63, 3.8) is 0 Å². The maximum atomic E-state index is 12.2. The number of carbonyl (C=O) groups is 1. The third-order valence-electron chi connectivity index (χ3n) is 3.23. The Bertz CT molecular complexity index is 767. The lowest BCUT2D eigenvalue weighted by molar-refractivity contribution is 0.102. The van der Waals surface area contributed by atoms with Gasteiger partial charge in [-0.05, 0) is 25.1 Å². The molecule has 0 fully saturated rings. The topological polar surface area (TPSA) is 59.8 Å². The molecule has 0 saturated heterocycles. The Balaban J connectivity index is 1.95. The Morgan fingerprint density at radius 1 is 1.25 bits per heavy atom. The van der Waals surface area contributed by atoms with Crippen LogP contribution in [0.15, 0.2) is 42.6 Å². The summed E-state index contributed by atoms with van der Waals surface area (Å²) in [6.45, 7) is 1.91. The lowest BCUT2D eigenvalue weighted by Gasteiger charge is -2.06. The van der Waals surface area contributed by atoms with E-state index in [9.17, 15) is 4.79 Å². The average molecular weight is 266 g/mol. The number of aromatic nitrogens is 3. The fourth-order valence-corrected chi connectivity index (χ4v) is 2.06. The molecule has 0 aliphatic rings. The molecular weight excluding hydrogens is 252 g/mol. The van der Waals surface area contributed by atoms with Gasteiger partial charge in [0.05, 0.1) is 11.2 Å². The first-order chi connectivity index (χ1) is 9.65. The zero-order chi connectivity index (χ0) is 14.1. The number of nitrogens with one attached hydrogen (secondary N) is 1. The van der Waals surface area contributed by atoms with Gasteiger partial charge in [-0.15, -0.1) is 0 Å². The molecule has 5 nitrogen and oxygen atoms in total. The number of para-hydroxylation sites is 1. The van der Waals surface area contributed by atoms with Crippen molar-refractivity contribution in [3.8, 4) is 0 Å². The minimum absolute atomic E-state index is 0.230. The molecule has 0 spiro atoms. The average Bonchev–Trinajstić information content (AvgIpc) is 2.79. The van der Waals surface area contributed by atoms with Crippen LogP contribution < -0.4 is 5.32 Å². The Kier molecular flexibility index (Phi) is 2.95. The molecule has 1 aromatic carbocycles. The molecule has 5 heteroatoms. The van der Waals surface area contributed by atoms with Crippen LogP contribution in [0.1, 0.15) is 16.2 Å². The van der Waals surface area contributed by atoms with Crippen molar-refractivity contribution in [2.75, 3.05) is 5.32 Å². The van der Waals surface area contributed by atoms with Crippen LogP contribution in [-0.4, -0.2) is 20.7 Å². The molecule has 2 aromatic heterocycles. The summed E-state index contributed by atoms with van der Waals surface area (Å²) in [7, 11) is 1.81. The molecule has 0 atom stereocenters. The predicted molar refractivity (Wildman–Crippen MR) is 77.6 cm³/mol. The fraction of sp³-hybridized carbons (Fsp3) is 0.133. The van der Waals surface area contributed by atoms with Crippen LogP contribution in [0.2, 0.25) is 0 Å². The molecule has 3 rings (SSSR count). The Morgan fingerprint density at radius 3 is 2.80 bits per heavy atom. The number of amides is 1. The van der Waals surface area contributed by atoms with Gasteiger partial charge in [0.2, 0.25) is 0 Å². The summed E-state index contributed by atoms with van der Waals surface area (Å²) in [4.78, 5) is 16.5. The van der Waals surface area contributed by atoms with Gasteiger partial charge in [0, 0.05) is 24.3 Å². The highest BCUT2D eigenvalue weighted by Crippen LogP contribution is 2.21. The first-order valence-corrected chi connectivity index (χ1v) is 6.31. The van der Waals surface area contributed by atoms with E-state index in [1.807, 2.05) is 44.3 Å². The van der Waals surface area contributed by atoms with E-state index >= 15 is 0 Å². The molecule has 2 heterocycles. The molecule has 0 saturated carbocycles. The quantitative estimate of drug-likeness (QED) is 0.775. The van der Waals surface area contributed by atoms with Crippen molar-refractivity contribution >= 4 is 22.5 Å². The molecule has 1 amide bonds. The smallest absolute Gasteiger partial charge is 0.276 e. The summed E-state index contributed by atoms with van der Waals surface area (Å²) in [5.74, 6) is -0.230. The van der Waals surface area contributed by atoms with E-state index in [0.717, 1.165) is 16.6 Å². The van der Waals surface area contributed by atoms with Crippen molar-refractivity contribution in [2.24, 2.45) is 7.05 Å². The van der Waals surface area contributed by atoms with Crippen molar-refractivity contribution in [1.29, 1.82) is 0 Å². The molecule has 3 aromatic rings. The number of aryl methyl sites for hydroxylation is 2. The Hall–Kier alpha value is -2.69. The maximum absolute atomic E-state index is 12.2. The van der Waals surface area contributed by atoms with E-state index in [0.29, 0.717) is 11.4 Å². The first-order valence-electron chi connectivity index (χ1n) is 6.31. The van der Waals surface area contributed by atoms with Crippen molar-refractivity contribution in [1.82, 2.24) is 14.8 Å². The molecule has 0 aliphatic heterocycles. The minimum Gasteiger partial charge on any atom is -0.319 e. The van der Waals surface area contributed by atoms with Crippen LogP contribution in [0.4, 0.5) is 5.69 Å². The van der Waals surface area contributed by atoms with Crippen LogP contribution in [-0.2, 0) is 7.05 Å². The summed E-state index contributed by atoms with van der Waals surface area (Å²) >= 11 is 0. The van der Waals surface area contributed by atoms with Gasteiger partial charge in [-0.3, -0.25) is 14.5 Å². The zero-order valence-corrected chi connectivity index (χ0v) is 11.3. The van der Waals surface area contributed by atoms with Crippen LogP contribution in [0.25, 0.3) is 10.9 Å². The van der Waals surface area contributed by atoms with E-state index in [-0.39, 0.29) is 5.91 Å². The lowest BCUT2D eigenvalue weighted by atomic mass is 10.2. The highest BCUT2D eigenvalue weighted by atomic mass is 16.1. The van der Waals surface area contributed by atoms with Crippen molar-refractivity contribution in [2.45, 2.75) is 6.92 Å². The largest absolute Gasteiger partial charge is 0.319 e. The van der Waals surface area contributed by atoms with E-state index in [2.05, 4.69) is 15.4 Å². The number of pyridine rings is 1. The SMILES string of the molecule is Cc1cc(C(=O)Nc2cccc3cccnc23)nn1C. The highest BCUT2D eigenvalue weighted by Gasteiger charge is 2.12. The minimum atomic E-state index is -0.230. The number of rotatable bonds is 2. The fourth-order valence-electron chi connectivity index (χ4n) is 2.06. The van der Waals surface area contributed by atoms with Crippen LogP contribution in [0, 0.1) is 6.92 Å². The molecule has 0 unspecified atom stereocenters. The number of fused-ring (bicyclic) bond motifs is 1. The molecular formula is C15H14N4O. The summed E-state index contributed by atoms with van der Waals surface area (Å²) in [6.07, 6.45) is 1.71. The number of benzene rings is 1. The van der Waals surface area contributed by atoms with Crippen molar-refractivity contribution in [3.05, 3.63) is 54.0 Å². The van der Waals surface area contributed by atoms with E-state index in [1.54, 1.807) is 16.9 Å². The summed E-state index contributed by atoms with van der Waals surface area (Å²) < 4.78 is 1.68. The van der Waals surface area contributed by atoms with E-state index < -0.39 is 0 Å². The van der Waals surface area contributed by atoms with Gasteiger partial charge in [0.1, 0.15) is 0 Å². The monoisotopic (exact) mass is 266 g/mol. The number of hydrogen-bond acceptors (Lipinski definition) is 3. The molecule has 0 radical (unpaired) electrons. The summed E-state index contributed by atoms with van der Waals surface area (Å²) in [6, 6.07) is 11.3. The Labute approximate surface area is 116 Å². The molecule has 0 bridgehead atoms. The predicted octanol–water partition coefficient (Wildman–Crippen LogP) is 2.53. The van der Waals surface area contributed by atoms with Crippen LogP contribution in [0.3, 0.4) is 0 Å². The van der Waals surface area contributed by atoms with Gasteiger partial charge in [-0.2, -0.15) is 5.10 Å². The first kappa shape index (κ1) is 12.3. The van der Waals surface area contributed by atoms with Gasteiger partial charge >= 0.3 is 0 Å². The molecule has 20 heavy (non-hydrogen) atoms. The molecule has 0 aliphatic carbocycles. The zero-order valence-electron chi connectivity index (χ0n) is 11.3. The van der Waals surface area contributed by atoms with Crippen LogP contribution >= 0.6 is 0 Å². The van der Waals surface area contributed by atoms with Crippen LogP contribution in [0.5, 0.6) is 0 Å². The van der Waals surface area contributed by atoms with Gasteiger partial charge in [-0.25, -0.2) is 0 Å². The van der Waals surface area contributed by atoms with Gasteiger partial charge in [0.15, 0.2) is 5.69 Å². The lowest BCUT2D eigenvalue weighted by Crippen LogP contribution is -2.13. The normalized spacial score (nSPS) is 10.7. The second-order valence-corrected chi connectivity index (χ2v) is 4.63. The molecule has 1 N–H and O–H groups in total. The second kappa shape index (κ2) is 4.77. The third kappa shape index (κ3) is 2.14. The summed E-state index contributed by atoms with van der Waals surface area (Å²) in [5.41, 5.74) is 2.80. The highest BCUT2D eigenvalue weighted by molar-refractivity contribution is 6.07. The number of anilines is 1. The Morgan fingerprint density at radius 2 is 2.05 bits per heavy atom. The number of hydrogen-bond donors (Lipinski definition) is 1. The van der Waals surface area contributed by atoms with Gasteiger partial charge in [-0.1, -0.05) is 18.2 Å². The second-order valence-electron chi connectivity index (χ2n) is 4.63. The number of nitrogens with zero attached hydrogens (tertiary/aromatic N) is 3. The van der Waals surface area contributed by atoms with E-state index in [1.165, 1.54) is 0 Å². The molecule has 100 valence electrons. The standard InChI is InChI=1S/C15H14N4O/c1-10-9-13(18-19(10)2)15(20)17-12-7-3-5-11-6-4-8-16-14(11)12/h3-9H,1-2H3,(H,17,20). The van der Waals surface area contributed by atoms with Gasteiger partial charge in [0.25, 0.3) is 5.91 Å². The summed E-state index contributed by atoms with van der Waals surface area (Å²) in [5, 5.41) is 8.02. The van der Waals surface area contributed by atoms with E-state index in [4.69, 9.17) is 0 Å². The van der Waals surface area contributed by atoms with Crippen molar-refractivity contribution < 1.29 is 4.79 Å².